The second-order valence-electron chi connectivity index (χ2n) is 7.30. The highest BCUT2D eigenvalue weighted by Crippen LogP contribution is 2.22. The van der Waals surface area contributed by atoms with Gasteiger partial charge in [0.2, 0.25) is 5.91 Å². The number of amides is 2. The number of hydrogen-bond acceptors (Lipinski definition) is 4. The monoisotopic (exact) mass is 437 g/mol. The lowest BCUT2D eigenvalue weighted by Gasteiger charge is -2.13. The van der Waals surface area contributed by atoms with Crippen LogP contribution >= 0.6 is 0 Å². The van der Waals surface area contributed by atoms with E-state index in [2.05, 4.69) is 10.0 Å². The van der Waals surface area contributed by atoms with Crippen molar-refractivity contribution in [2.75, 3.05) is 10.0 Å². The molecule has 0 spiro atoms. The molecular formula is C23H23N3O4S. The summed E-state index contributed by atoms with van der Waals surface area (Å²) in [4.78, 5) is 24.2. The molecular weight excluding hydrogens is 414 g/mol. The Bertz CT molecular complexity index is 1280. The highest BCUT2D eigenvalue weighted by Gasteiger charge is 2.19. The van der Waals surface area contributed by atoms with Gasteiger partial charge in [0.1, 0.15) is 0 Å². The first-order valence-corrected chi connectivity index (χ1v) is 11.0. The van der Waals surface area contributed by atoms with Gasteiger partial charge >= 0.3 is 0 Å². The van der Waals surface area contributed by atoms with E-state index in [1.165, 1.54) is 18.2 Å². The van der Waals surface area contributed by atoms with Crippen molar-refractivity contribution in [1.29, 1.82) is 0 Å². The van der Waals surface area contributed by atoms with Crippen molar-refractivity contribution in [3.63, 3.8) is 0 Å². The number of sulfonamides is 1. The number of nitrogens with two attached hydrogens (primary N) is 1. The van der Waals surface area contributed by atoms with Crippen LogP contribution in [-0.4, -0.2) is 20.2 Å². The van der Waals surface area contributed by atoms with E-state index in [4.69, 9.17) is 5.73 Å². The van der Waals surface area contributed by atoms with Gasteiger partial charge in [-0.15, -0.1) is 0 Å². The number of anilines is 2. The molecule has 3 rings (SSSR count). The maximum atomic E-state index is 12.8. The molecule has 0 radical (unpaired) electrons. The molecule has 8 heteroatoms. The Kier molecular flexibility index (Phi) is 6.12. The van der Waals surface area contributed by atoms with Crippen molar-refractivity contribution in [3.8, 4) is 0 Å². The van der Waals surface area contributed by atoms with E-state index in [0.717, 1.165) is 5.56 Å². The molecule has 4 N–H and O–H groups in total. The van der Waals surface area contributed by atoms with Crippen LogP contribution in [0.1, 0.15) is 37.4 Å². The number of hydrogen-bond donors (Lipinski definition) is 3. The predicted molar refractivity (Wildman–Crippen MR) is 121 cm³/mol. The van der Waals surface area contributed by atoms with Crippen LogP contribution in [0.25, 0.3) is 0 Å². The summed E-state index contributed by atoms with van der Waals surface area (Å²) in [5.41, 5.74) is 8.98. The maximum absolute atomic E-state index is 12.8. The Morgan fingerprint density at radius 3 is 2.19 bits per heavy atom. The van der Waals surface area contributed by atoms with Crippen LogP contribution in [0.15, 0.2) is 65.6 Å². The van der Waals surface area contributed by atoms with Gasteiger partial charge in [-0.1, -0.05) is 18.2 Å². The molecule has 0 saturated heterocycles. The minimum Gasteiger partial charge on any atom is -0.366 e. The highest BCUT2D eigenvalue weighted by molar-refractivity contribution is 7.92. The summed E-state index contributed by atoms with van der Waals surface area (Å²) in [6.07, 6.45) is 0. The predicted octanol–water partition coefficient (Wildman–Crippen LogP) is 3.76. The molecule has 2 amide bonds. The number of aryl methyl sites for hydroxylation is 3. The Morgan fingerprint density at radius 1 is 0.806 bits per heavy atom. The van der Waals surface area contributed by atoms with E-state index >= 15 is 0 Å². The second-order valence-corrected chi connectivity index (χ2v) is 8.98. The van der Waals surface area contributed by atoms with E-state index in [9.17, 15) is 18.0 Å². The fraction of sp³-hybridized carbons (Fsp3) is 0.130. The van der Waals surface area contributed by atoms with Gasteiger partial charge in [0.05, 0.1) is 4.90 Å². The van der Waals surface area contributed by atoms with E-state index in [0.29, 0.717) is 28.1 Å². The van der Waals surface area contributed by atoms with Gasteiger partial charge in [0.15, 0.2) is 0 Å². The first-order valence-electron chi connectivity index (χ1n) is 9.49. The van der Waals surface area contributed by atoms with E-state index in [1.54, 1.807) is 50.2 Å². The zero-order chi connectivity index (χ0) is 22.8. The Balaban J connectivity index is 1.87. The third kappa shape index (κ3) is 5.10. The average Bonchev–Trinajstić information content (AvgIpc) is 2.67. The maximum Gasteiger partial charge on any atom is 0.261 e. The van der Waals surface area contributed by atoms with E-state index in [1.807, 2.05) is 13.0 Å². The molecule has 0 aliphatic rings. The van der Waals surface area contributed by atoms with Gasteiger partial charge in [-0.25, -0.2) is 8.42 Å². The van der Waals surface area contributed by atoms with Crippen LogP contribution in [0.4, 0.5) is 11.4 Å². The second kappa shape index (κ2) is 8.61. The molecule has 3 aromatic rings. The van der Waals surface area contributed by atoms with Gasteiger partial charge in [-0.05, 0) is 79.9 Å². The first-order chi connectivity index (χ1) is 14.6. The number of benzene rings is 3. The molecule has 0 unspecified atom stereocenters. The molecule has 0 heterocycles. The Hall–Kier alpha value is -3.65. The Morgan fingerprint density at radius 2 is 1.55 bits per heavy atom. The Labute approximate surface area is 181 Å². The largest absolute Gasteiger partial charge is 0.366 e. The van der Waals surface area contributed by atoms with E-state index < -0.39 is 21.8 Å². The summed E-state index contributed by atoms with van der Waals surface area (Å²) < 4.78 is 28.2. The minimum absolute atomic E-state index is 0.0231. The van der Waals surface area contributed by atoms with Crippen LogP contribution < -0.4 is 15.8 Å². The van der Waals surface area contributed by atoms with Gasteiger partial charge in [-0.2, -0.15) is 0 Å². The lowest BCUT2D eigenvalue weighted by atomic mass is 10.1. The van der Waals surface area contributed by atoms with Crippen LogP contribution in [0.2, 0.25) is 0 Å². The third-order valence-corrected chi connectivity index (χ3v) is 6.16. The molecule has 0 aromatic heterocycles. The SMILES string of the molecule is Cc1cccc(NS(=O)(=O)c2ccc(C)c(C(=O)Nc3ccc(C(N)=O)c(C)c3)c2)c1. The third-order valence-electron chi connectivity index (χ3n) is 4.78. The van der Waals surface area contributed by atoms with Gasteiger partial charge in [-0.3, -0.25) is 14.3 Å². The summed E-state index contributed by atoms with van der Waals surface area (Å²) in [6.45, 7) is 5.30. The van der Waals surface area contributed by atoms with Crippen molar-refractivity contribution in [2.24, 2.45) is 5.73 Å². The quantitative estimate of drug-likeness (QED) is 0.544. The number of primary amides is 1. The van der Waals surface area contributed by atoms with Crippen LogP contribution in [0.5, 0.6) is 0 Å². The fourth-order valence-corrected chi connectivity index (χ4v) is 4.23. The summed E-state index contributed by atoms with van der Waals surface area (Å²) in [7, 11) is -3.88. The van der Waals surface area contributed by atoms with Gasteiger partial charge in [0.25, 0.3) is 15.9 Å². The molecule has 0 atom stereocenters. The van der Waals surface area contributed by atoms with Crippen molar-refractivity contribution >= 4 is 33.2 Å². The summed E-state index contributed by atoms with van der Waals surface area (Å²) in [6, 6.07) is 16.1. The molecule has 31 heavy (non-hydrogen) atoms. The smallest absolute Gasteiger partial charge is 0.261 e. The van der Waals surface area contributed by atoms with Gasteiger partial charge < -0.3 is 11.1 Å². The molecule has 0 aliphatic heterocycles. The van der Waals surface area contributed by atoms with Crippen molar-refractivity contribution in [3.05, 3.63) is 88.5 Å². The standard InChI is InChI=1S/C23H23N3O4S/c1-14-5-4-6-18(11-14)26-31(29,30)19-9-7-15(2)21(13-19)23(28)25-17-8-10-20(22(24)27)16(3)12-17/h4-13,26H,1-3H3,(H2,24,27)(H,25,28). The molecule has 3 aromatic carbocycles. The molecule has 160 valence electrons. The summed E-state index contributed by atoms with van der Waals surface area (Å²) >= 11 is 0. The molecule has 0 fully saturated rings. The topological polar surface area (TPSA) is 118 Å². The summed E-state index contributed by atoms with van der Waals surface area (Å²) in [5, 5.41) is 2.74. The molecule has 0 aliphatic carbocycles. The fourth-order valence-electron chi connectivity index (χ4n) is 3.15. The van der Waals surface area contributed by atoms with Crippen LogP contribution in [-0.2, 0) is 10.0 Å². The average molecular weight is 438 g/mol. The minimum atomic E-state index is -3.88. The molecule has 7 nitrogen and oxygen atoms in total. The number of carbonyl (C=O) groups is 2. The number of rotatable bonds is 6. The van der Waals surface area contributed by atoms with Crippen LogP contribution in [0, 0.1) is 20.8 Å². The highest BCUT2D eigenvalue weighted by atomic mass is 32.2. The normalized spacial score (nSPS) is 11.1. The number of nitrogens with one attached hydrogen (secondary N) is 2. The van der Waals surface area contributed by atoms with Gasteiger partial charge in [0, 0.05) is 22.5 Å². The van der Waals surface area contributed by atoms with Crippen molar-refractivity contribution < 1.29 is 18.0 Å². The first kappa shape index (κ1) is 22.0. The zero-order valence-corrected chi connectivity index (χ0v) is 18.2. The molecule has 0 saturated carbocycles. The molecule has 0 bridgehead atoms. The van der Waals surface area contributed by atoms with Crippen molar-refractivity contribution in [2.45, 2.75) is 25.7 Å². The lowest BCUT2D eigenvalue weighted by molar-refractivity contribution is 0.0997. The number of carbonyl (C=O) groups excluding carboxylic acids is 2. The summed E-state index contributed by atoms with van der Waals surface area (Å²) in [5.74, 6) is -1.01. The van der Waals surface area contributed by atoms with Crippen molar-refractivity contribution in [1.82, 2.24) is 0 Å². The zero-order valence-electron chi connectivity index (χ0n) is 17.4. The van der Waals surface area contributed by atoms with Crippen LogP contribution in [0.3, 0.4) is 0 Å². The lowest BCUT2D eigenvalue weighted by Crippen LogP contribution is -2.17. The van der Waals surface area contributed by atoms with E-state index in [-0.39, 0.29) is 10.5 Å².